The number of aliphatic hydroxyl groups excluding tert-OH is 1. The first-order valence-corrected chi connectivity index (χ1v) is 11.1. The zero-order valence-corrected chi connectivity index (χ0v) is 19.4. The number of β-amino-alcohol motifs (C(OH)–C–C–N with tert-alkyl or cyclic N) is 1. The van der Waals surface area contributed by atoms with E-state index >= 15 is 0 Å². The van der Waals surface area contributed by atoms with Gasteiger partial charge >= 0.3 is 0 Å². The molecule has 3 aromatic heterocycles. The number of benzene rings is 1. The van der Waals surface area contributed by atoms with Crippen LogP contribution in [0, 0.1) is 13.8 Å². The quantitative estimate of drug-likeness (QED) is 0.464. The SMILES string of the molecule is Cc1nn(-c2ccnc(Nc3ccc4c(c3)c(Cl)c(C)n4C)n2)cc1CN1C[C@@H](O)[C@H](F)C1. The largest absolute Gasteiger partial charge is 0.389 e. The molecule has 0 aliphatic carbocycles. The van der Waals surface area contributed by atoms with Crippen LogP contribution < -0.4 is 5.32 Å². The number of anilines is 2. The van der Waals surface area contributed by atoms with E-state index in [4.69, 9.17) is 11.6 Å². The van der Waals surface area contributed by atoms with Gasteiger partial charge in [0.05, 0.1) is 16.8 Å². The zero-order valence-electron chi connectivity index (χ0n) is 18.6. The van der Waals surface area contributed by atoms with Gasteiger partial charge < -0.3 is 15.0 Å². The topological polar surface area (TPSA) is 84.0 Å². The molecule has 2 atom stereocenters. The highest BCUT2D eigenvalue weighted by atomic mass is 35.5. The number of aliphatic hydroxyl groups is 1. The van der Waals surface area contributed by atoms with E-state index in [9.17, 15) is 9.50 Å². The van der Waals surface area contributed by atoms with Crippen LogP contribution in [-0.2, 0) is 13.6 Å². The van der Waals surface area contributed by atoms with E-state index in [2.05, 4.69) is 25.0 Å². The monoisotopic (exact) mass is 469 g/mol. The maximum absolute atomic E-state index is 13.6. The van der Waals surface area contributed by atoms with Crippen LogP contribution in [0.3, 0.4) is 0 Å². The van der Waals surface area contributed by atoms with Crippen LogP contribution in [0.25, 0.3) is 16.7 Å². The number of nitrogens with zero attached hydrogens (tertiary/aromatic N) is 6. The second-order valence-corrected chi connectivity index (χ2v) is 8.89. The molecule has 8 nitrogen and oxygen atoms in total. The molecule has 4 aromatic rings. The number of hydrogen-bond acceptors (Lipinski definition) is 6. The molecule has 2 N–H and O–H groups in total. The van der Waals surface area contributed by atoms with Gasteiger partial charge in [-0.1, -0.05) is 11.6 Å². The molecule has 0 amide bonds. The highest BCUT2D eigenvalue weighted by Crippen LogP contribution is 2.32. The summed E-state index contributed by atoms with van der Waals surface area (Å²) in [6.07, 6.45) is 1.43. The Morgan fingerprint density at radius 2 is 2.06 bits per heavy atom. The van der Waals surface area contributed by atoms with Crippen molar-refractivity contribution in [3.8, 4) is 5.82 Å². The standard InChI is InChI=1S/C23H25ClFN7O/c1-13-15(9-31-11-18(25)20(33)12-31)10-32(29-13)21-6-7-26-23(28-21)27-16-4-5-19-17(8-16)22(24)14(2)30(19)3/h4-8,10,18,20,33H,9,11-12H2,1-3H3,(H,26,27,28)/t18-,20-/m1/s1. The third-order valence-corrected chi connectivity index (χ3v) is 6.71. The van der Waals surface area contributed by atoms with Crippen molar-refractivity contribution in [2.24, 2.45) is 7.05 Å². The number of aromatic nitrogens is 5. The molecular weight excluding hydrogens is 445 g/mol. The van der Waals surface area contributed by atoms with Crippen molar-refractivity contribution in [3.63, 3.8) is 0 Å². The average molecular weight is 470 g/mol. The molecule has 0 radical (unpaired) electrons. The Bertz CT molecular complexity index is 1320. The summed E-state index contributed by atoms with van der Waals surface area (Å²) in [5, 5.41) is 19.2. The number of alkyl halides is 1. The molecule has 1 aliphatic heterocycles. The number of nitrogens with one attached hydrogen (secondary N) is 1. The summed E-state index contributed by atoms with van der Waals surface area (Å²) in [5.74, 6) is 1.05. The van der Waals surface area contributed by atoms with Crippen molar-refractivity contribution < 1.29 is 9.50 Å². The van der Waals surface area contributed by atoms with Gasteiger partial charge in [-0.2, -0.15) is 10.1 Å². The van der Waals surface area contributed by atoms with E-state index < -0.39 is 12.3 Å². The number of rotatable bonds is 5. The first kappa shape index (κ1) is 21.8. The number of likely N-dealkylation sites (tertiary alicyclic amines) is 1. The fraction of sp³-hybridized carbons (Fsp3) is 0.348. The summed E-state index contributed by atoms with van der Waals surface area (Å²) in [4.78, 5) is 10.8. The second kappa shape index (κ2) is 8.40. The molecule has 0 saturated carbocycles. The molecule has 0 bridgehead atoms. The van der Waals surface area contributed by atoms with Crippen LogP contribution in [0.2, 0.25) is 5.02 Å². The van der Waals surface area contributed by atoms with Gasteiger partial charge in [-0.3, -0.25) is 4.90 Å². The summed E-state index contributed by atoms with van der Waals surface area (Å²) < 4.78 is 17.4. The minimum atomic E-state index is -1.20. The van der Waals surface area contributed by atoms with E-state index in [1.807, 2.05) is 50.2 Å². The third-order valence-electron chi connectivity index (χ3n) is 6.24. The fourth-order valence-corrected chi connectivity index (χ4v) is 4.51. The van der Waals surface area contributed by atoms with Crippen LogP contribution in [0.15, 0.2) is 36.7 Å². The van der Waals surface area contributed by atoms with E-state index in [1.165, 1.54) is 0 Å². The van der Waals surface area contributed by atoms with Crippen LogP contribution >= 0.6 is 11.6 Å². The Balaban J connectivity index is 1.37. The molecule has 1 aliphatic rings. The Hall–Kier alpha value is -3.01. The van der Waals surface area contributed by atoms with Gasteiger partial charge in [-0.25, -0.2) is 14.1 Å². The van der Waals surface area contributed by atoms with Gasteiger partial charge in [0.25, 0.3) is 0 Å². The highest BCUT2D eigenvalue weighted by Gasteiger charge is 2.31. The Morgan fingerprint density at radius 3 is 2.82 bits per heavy atom. The maximum atomic E-state index is 13.6. The van der Waals surface area contributed by atoms with Crippen molar-refractivity contribution in [1.29, 1.82) is 0 Å². The number of fused-ring (bicyclic) bond motifs is 1. The molecule has 172 valence electrons. The molecule has 0 spiro atoms. The zero-order chi connectivity index (χ0) is 23.3. The van der Waals surface area contributed by atoms with Gasteiger partial charge in [0.2, 0.25) is 5.95 Å². The molecular formula is C23H25ClFN7O. The molecule has 1 fully saturated rings. The summed E-state index contributed by atoms with van der Waals surface area (Å²) >= 11 is 6.49. The van der Waals surface area contributed by atoms with Crippen molar-refractivity contribution in [2.75, 3.05) is 18.4 Å². The van der Waals surface area contributed by atoms with Gasteiger partial charge in [0.1, 0.15) is 6.17 Å². The lowest BCUT2D eigenvalue weighted by Gasteiger charge is -2.13. The molecule has 1 saturated heterocycles. The number of aryl methyl sites for hydroxylation is 2. The van der Waals surface area contributed by atoms with Gasteiger partial charge in [-0.15, -0.1) is 0 Å². The summed E-state index contributed by atoms with van der Waals surface area (Å²) in [5.41, 5.74) is 4.69. The fourth-order valence-electron chi connectivity index (χ4n) is 4.23. The summed E-state index contributed by atoms with van der Waals surface area (Å²) in [6.45, 7) is 4.97. The Kier molecular flexibility index (Phi) is 5.55. The van der Waals surface area contributed by atoms with Crippen LogP contribution in [0.1, 0.15) is 17.0 Å². The van der Waals surface area contributed by atoms with Crippen LogP contribution in [0.5, 0.6) is 0 Å². The number of hydrogen-bond donors (Lipinski definition) is 2. The summed E-state index contributed by atoms with van der Waals surface area (Å²) in [7, 11) is 1.99. The molecule has 33 heavy (non-hydrogen) atoms. The molecule has 1 aromatic carbocycles. The predicted molar refractivity (Wildman–Crippen MR) is 126 cm³/mol. The highest BCUT2D eigenvalue weighted by molar-refractivity contribution is 6.36. The molecule has 5 rings (SSSR count). The lowest BCUT2D eigenvalue weighted by atomic mass is 10.2. The maximum Gasteiger partial charge on any atom is 0.229 e. The first-order chi connectivity index (χ1) is 15.8. The second-order valence-electron chi connectivity index (χ2n) is 8.52. The van der Waals surface area contributed by atoms with E-state index in [1.54, 1.807) is 16.9 Å². The normalized spacial score (nSPS) is 19.0. The van der Waals surface area contributed by atoms with Crippen molar-refractivity contribution >= 4 is 34.1 Å². The lowest BCUT2D eigenvalue weighted by molar-refractivity contribution is 0.115. The average Bonchev–Trinajstić information content (AvgIpc) is 3.39. The van der Waals surface area contributed by atoms with E-state index in [0.717, 1.165) is 38.6 Å². The predicted octanol–water partition coefficient (Wildman–Crippen LogP) is 3.68. The van der Waals surface area contributed by atoms with Gasteiger partial charge in [0.15, 0.2) is 5.82 Å². The van der Waals surface area contributed by atoms with Gasteiger partial charge in [0, 0.05) is 73.0 Å². The molecule has 10 heteroatoms. The lowest BCUT2D eigenvalue weighted by Crippen LogP contribution is -2.21. The van der Waals surface area contributed by atoms with E-state index in [0.29, 0.717) is 24.9 Å². The van der Waals surface area contributed by atoms with Crippen molar-refractivity contribution in [2.45, 2.75) is 32.7 Å². The Labute approximate surface area is 195 Å². The van der Waals surface area contributed by atoms with Crippen molar-refractivity contribution in [1.82, 2.24) is 29.2 Å². The smallest absolute Gasteiger partial charge is 0.229 e. The molecule has 0 unspecified atom stereocenters. The van der Waals surface area contributed by atoms with Crippen LogP contribution in [0.4, 0.5) is 16.0 Å². The van der Waals surface area contributed by atoms with Crippen LogP contribution in [-0.4, -0.2) is 59.7 Å². The van der Waals surface area contributed by atoms with E-state index in [-0.39, 0.29) is 6.54 Å². The minimum Gasteiger partial charge on any atom is -0.389 e. The molecule has 4 heterocycles. The minimum absolute atomic E-state index is 0.225. The first-order valence-electron chi connectivity index (χ1n) is 10.7. The third kappa shape index (κ3) is 4.07. The Morgan fingerprint density at radius 1 is 1.24 bits per heavy atom. The van der Waals surface area contributed by atoms with Gasteiger partial charge in [-0.05, 0) is 32.0 Å². The number of halogens is 2. The van der Waals surface area contributed by atoms with Crippen molar-refractivity contribution in [3.05, 3.63) is 58.6 Å². The summed E-state index contributed by atoms with van der Waals surface area (Å²) in [6, 6.07) is 7.74.